The molecule has 0 N–H and O–H groups in total. The molecule has 1 aromatic carbocycles. The molecule has 0 radical (unpaired) electrons. The number of rotatable bonds is 3. The van der Waals surface area contributed by atoms with Gasteiger partial charge in [0, 0.05) is 5.92 Å². The lowest BCUT2D eigenvalue weighted by molar-refractivity contribution is -0.123. The maximum Gasteiger partial charge on any atom is 0.299 e. The molecule has 0 spiro atoms. The molecule has 0 saturated heterocycles. The molecule has 0 atom stereocenters. The van der Waals surface area contributed by atoms with Crippen LogP contribution in [0.15, 0.2) is 12.1 Å². The predicted octanol–water partition coefficient (Wildman–Crippen LogP) is 2.59. The van der Waals surface area contributed by atoms with Crippen LogP contribution in [0, 0.1) is 19.8 Å². The van der Waals surface area contributed by atoms with E-state index in [1.807, 2.05) is 19.9 Å². The Morgan fingerprint density at radius 1 is 1.19 bits per heavy atom. The van der Waals surface area contributed by atoms with E-state index >= 15 is 0 Å². The van der Waals surface area contributed by atoms with Crippen molar-refractivity contribution in [2.45, 2.75) is 39.5 Å². The zero-order valence-electron chi connectivity index (χ0n) is 12.4. The molecule has 1 saturated carbocycles. The lowest BCUT2D eigenvalue weighted by Gasteiger charge is -2.19. The number of carbonyl (C=O) groups excluding carboxylic acids is 3. The van der Waals surface area contributed by atoms with Crippen LogP contribution < -0.4 is 4.90 Å². The number of amides is 1. The second-order valence-electron chi connectivity index (χ2n) is 6.15. The monoisotopic (exact) mass is 285 g/mol. The standard InChI is InChI=1S/C17H19NO3/c1-10-7-11(2)15-13(8-10)16(20)17(21)18(15)9-14(19)12-5-3-4-6-12/h7-8,12H,3-6,9H2,1-2H3. The van der Waals surface area contributed by atoms with Gasteiger partial charge >= 0.3 is 0 Å². The average Bonchev–Trinajstić information content (AvgIpc) is 3.03. The van der Waals surface area contributed by atoms with Crippen LogP contribution in [0.1, 0.15) is 47.2 Å². The third-order valence-corrected chi connectivity index (χ3v) is 4.52. The summed E-state index contributed by atoms with van der Waals surface area (Å²) in [5.41, 5.74) is 2.90. The summed E-state index contributed by atoms with van der Waals surface area (Å²) in [7, 11) is 0. The van der Waals surface area contributed by atoms with Gasteiger partial charge in [-0.25, -0.2) is 0 Å². The first-order valence-electron chi connectivity index (χ1n) is 7.49. The highest BCUT2D eigenvalue weighted by atomic mass is 16.2. The Hall–Kier alpha value is -1.97. The van der Waals surface area contributed by atoms with Gasteiger partial charge in [-0.05, 0) is 43.9 Å². The van der Waals surface area contributed by atoms with Crippen LogP contribution in [0.3, 0.4) is 0 Å². The Kier molecular flexibility index (Phi) is 3.40. The summed E-state index contributed by atoms with van der Waals surface area (Å²) in [5.74, 6) is -0.912. The van der Waals surface area contributed by atoms with Crippen LogP contribution in [0.2, 0.25) is 0 Å². The fraction of sp³-hybridized carbons (Fsp3) is 0.471. The summed E-state index contributed by atoms with van der Waals surface area (Å²) < 4.78 is 0. The van der Waals surface area contributed by atoms with E-state index in [1.54, 1.807) is 6.07 Å². The highest BCUT2D eigenvalue weighted by Crippen LogP contribution is 2.34. The molecule has 1 heterocycles. The van der Waals surface area contributed by atoms with Gasteiger partial charge in [0.1, 0.15) is 0 Å². The first-order chi connectivity index (χ1) is 9.99. The molecule has 3 rings (SSSR count). The molecule has 4 nitrogen and oxygen atoms in total. The van der Waals surface area contributed by atoms with Gasteiger partial charge in [0.25, 0.3) is 11.7 Å². The number of Topliss-reactive ketones (excluding diaryl/α,β-unsaturated/α-hetero) is 2. The number of benzene rings is 1. The number of hydrogen-bond acceptors (Lipinski definition) is 3. The molecule has 1 amide bonds. The van der Waals surface area contributed by atoms with Gasteiger partial charge in [-0.2, -0.15) is 0 Å². The van der Waals surface area contributed by atoms with E-state index in [0.717, 1.165) is 36.8 Å². The molecule has 1 aliphatic carbocycles. The Balaban J connectivity index is 1.92. The molecule has 4 heteroatoms. The first-order valence-corrected chi connectivity index (χ1v) is 7.49. The summed E-state index contributed by atoms with van der Waals surface area (Å²) >= 11 is 0. The van der Waals surface area contributed by atoms with Crippen molar-refractivity contribution in [2.75, 3.05) is 11.4 Å². The molecule has 110 valence electrons. The molecule has 0 bridgehead atoms. The van der Waals surface area contributed by atoms with Crippen LogP contribution in [0.4, 0.5) is 5.69 Å². The van der Waals surface area contributed by atoms with Crippen LogP contribution in [0.5, 0.6) is 0 Å². The Labute approximate surface area is 124 Å². The van der Waals surface area contributed by atoms with Crippen molar-refractivity contribution in [1.82, 2.24) is 0 Å². The van der Waals surface area contributed by atoms with E-state index < -0.39 is 11.7 Å². The number of fused-ring (bicyclic) bond motifs is 1. The highest BCUT2D eigenvalue weighted by molar-refractivity contribution is 6.52. The molecule has 1 aliphatic heterocycles. The minimum absolute atomic E-state index is 0.0339. The van der Waals surface area contributed by atoms with Crippen LogP contribution in [0.25, 0.3) is 0 Å². The lowest BCUT2D eigenvalue weighted by Crippen LogP contribution is -2.37. The van der Waals surface area contributed by atoms with Crippen molar-refractivity contribution in [1.29, 1.82) is 0 Å². The maximum atomic E-state index is 12.3. The van der Waals surface area contributed by atoms with Gasteiger partial charge in [0.2, 0.25) is 0 Å². The molecule has 0 aromatic heterocycles. The van der Waals surface area contributed by atoms with E-state index in [9.17, 15) is 14.4 Å². The average molecular weight is 285 g/mol. The smallest absolute Gasteiger partial charge is 0.297 e. The van der Waals surface area contributed by atoms with Crippen molar-refractivity contribution in [2.24, 2.45) is 5.92 Å². The minimum Gasteiger partial charge on any atom is -0.297 e. The van der Waals surface area contributed by atoms with Gasteiger partial charge in [0.05, 0.1) is 17.8 Å². The van der Waals surface area contributed by atoms with E-state index in [4.69, 9.17) is 0 Å². The van der Waals surface area contributed by atoms with Crippen molar-refractivity contribution in [3.05, 3.63) is 28.8 Å². The number of aryl methyl sites for hydroxylation is 2. The number of anilines is 1. The Bertz CT molecular complexity index is 642. The predicted molar refractivity (Wildman–Crippen MR) is 79.6 cm³/mol. The summed E-state index contributed by atoms with van der Waals surface area (Å²) in [6.45, 7) is 3.81. The van der Waals surface area contributed by atoms with Crippen molar-refractivity contribution >= 4 is 23.2 Å². The summed E-state index contributed by atoms with van der Waals surface area (Å²) in [5, 5.41) is 0. The second kappa shape index (κ2) is 5.10. The largest absolute Gasteiger partial charge is 0.299 e. The van der Waals surface area contributed by atoms with E-state index in [-0.39, 0.29) is 18.2 Å². The molecule has 1 fully saturated rings. The summed E-state index contributed by atoms with van der Waals surface area (Å²) in [6.07, 6.45) is 3.99. The SMILES string of the molecule is Cc1cc(C)c2c(c1)C(=O)C(=O)N2CC(=O)C1CCCC1. The number of carbonyl (C=O) groups is 3. The van der Waals surface area contributed by atoms with Crippen LogP contribution >= 0.6 is 0 Å². The van der Waals surface area contributed by atoms with Gasteiger partial charge in [-0.1, -0.05) is 18.9 Å². The highest BCUT2D eigenvalue weighted by Gasteiger charge is 2.39. The summed E-state index contributed by atoms with van der Waals surface area (Å²) in [6, 6.07) is 3.68. The quantitative estimate of drug-likeness (QED) is 0.802. The minimum atomic E-state index is -0.565. The summed E-state index contributed by atoms with van der Waals surface area (Å²) in [4.78, 5) is 38.0. The number of ketones is 2. The van der Waals surface area contributed by atoms with Crippen LogP contribution in [-0.4, -0.2) is 24.0 Å². The van der Waals surface area contributed by atoms with Crippen molar-refractivity contribution in [3.63, 3.8) is 0 Å². The molecular weight excluding hydrogens is 266 g/mol. The van der Waals surface area contributed by atoms with Gasteiger partial charge in [-0.15, -0.1) is 0 Å². The Morgan fingerprint density at radius 2 is 1.86 bits per heavy atom. The van der Waals surface area contributed by atoms with Gasteiger partial charge < -0.3 is 0 Å². The molecule has 21 heavy (non-hydrogen) atoms. The normalized spacial score (nSPS) is 18.5. The van der Waals surface area contributed by atoms with E-state index in [2.05, 4.69) is 0 Å². The van der Waals surface area contributed by atoms with Crippen molar-refractivity contribution in [3.8, 4) is 0 Å². The number of nitrogens with zero attached hydrogens (tertiary/aromatic N) is 1. The lowest BCUT2D eigenvalue weighted by atomic mass is 10.0. The maximum absolute atomic E-state index is 12.3. The third kappa shape index (κ3) is 2.28. The third-order valence-electron chi connectivity index (χ3n) is 4.52. The fourth-order valence-corrected chi connectivity index (χ4v) is 3.51. The molecule has 1 aromatic rings. The first kappa shape index (κ1) is 14.0. The van der Waals surface area contributed by atoms with Gasteiger partial charge in [-0.3, -0.25) is 19.3 Å². The Morgan fingerprint density at radius 3 is 2.52 bits per heavy atom. The molecule has 0 unspecified atom stereocenters. The topological polar surface area (TPSA) is 54.5 Å². The van der Waals surface area contributed by atoms with E-state index in [0.29, 0.717) is 11.3 Å². The molecule has 2 aliphatic rings. The fourth-order valence-electron chi connectivity index (χ4n) is 3.51. The van der Waals surface area contributed by atoms with E-state index in [1.165, 1.54) is 4.90 Å². The second-order valence-corrected chi connectivity index (χ2v) is 6.15. The van der Waals surface area contributed by atoms with Crippen molar-refractivity contribution < 1.29 is 14.4 Å². The number of hydrogen-bond donors (Lipinski definition) is 0. The van der Waals surface area contributed by atoms with Crippen LogP contribution in [-0.2, 0) is 9.59 Å². The molecular formula is C17H19NO3. The zero-order valence-corrected chi connectivity index (χ0v) is 12.4. The van der Waals surface area contributed by atoms with Gasteiger partial charge in [0.15, 0.2) is 5.78 Å². The zero-order chi connectivity index (χ0) is 15.1.